The van der Waals surface area contributed by atoms with Crippen molar-refractivity contribution in [2.24, 2.45) is 11.8 Å². The number of carbonyl (C=O) groups is 2. The zero-order valence-corrected chi connectivity index (χ0v) is 12.2. The smallest absolute Gasteiger partial charge is 0.232 e. The maximum atomic E-state index is 11.9. The van der Waals surface area contributed by atoms with Crippen LogP contribution in [0.15, 0.2) is 24.3 Å². The summed E-state index contributed by atoms with van der Waals surface area (Å²) in [6.45, 7) is 4.29. The number of nitrogens with zero attached hydrogens (tertiary/aromatic N) is 2. The molecule has 0 saturated carbocycles. The van der Waals surface area contributed by atoms with Gasteiger partial charge in [-0.3, -0.25) is 14.5 Å². The number of hydrogen-bond acceptors (Lipinski definition) is 4. The Morgan fingerprint density at radius 2 is 1.81 bits per heavy atom. The quantitative estimate of drug-likeness (QED) is 0.613. The summed E-state index contributed by atoms with van der Waals surface area (Å²) in [5.74, 6) is -0.161. The summed E-state index contributed by atoms with van der Waals surface area (Å²) < 4.78 is 5.54. The van der Waals surface area contributed by atoms with E-state index in [1.54, 1.807) is 38.1 Å². The van der Waals surface area contributed by atoms with Gasteiger partial charge in [0.2, 0.25) is 11.8 Å². The van der Waals surface area contributed by atoms with Crippen LogP contribution < -0.4 is 4.74 Å². The molecule has 5 heteroatoms. The predicted octanol–water partition coefficient (Wildman–Crippen LogP) is 1.97. The van der Waals surface area contributed by atoms with Crippen molar-refractivity contribution in [3.05, 3.63) is 29.8 Å². The van der Waals surface area contributed by atoms with Crippen molar-refractivity contribution in [2.45, 2.75) is 20.3 Å². The molecule has 2 amide bonds. The molecular weight excluding hydrogens is 268 g/mol. The van der Waals surface area contributed by atoms with E-state index in [9.17, 15) is 9.59 Å². The molecule has 1 aromatic rings. The van der Waals surface area contributed by atoms with Gasteiger partial charge in [0, 0.05) is 18.4 Å². The van der Waals surface area contributed by atoms with Crippen molar-refractivity contribution >= 4 is 11.8 Å². The molecule has 2 atom stereocenters. The summed E-state index contributed by atoms with van der Waals surface area (Å²) >= 11 is 0. The van der Waals surface area contributed by atoms with Crippen molar-refractivity contribution in [1.82, 2.24) is 4.90 Å². The summed E-state index contributed by atoms with van der Waals surface area (Å²) in [5.41, 5.74) is 0.480. The summed E-state index contributed by atoms with van der Waals surface area (Å²) in [5, 5.41) is 8.95. The molecule has 21 heavy (non-hydrogen) atoms. The van der Waals surface area contributed by atoms with Gasteiger partial charge in [0.05, 0.1) is 12.2 Å². The van der Waals surface area contributed by atoms with Crippen LogP contribution in [0.2, 0.25) is 0 Å². The molecule has 1 aliphatic rings. The number of rotatable bonds is 5. The van der Waals surface area contributed by atoms with E-state index < -0.39 is 0 Å². The monoisotopic (exact) mass is 286 g/mol. The SMILES string of the molecule is CC1C(=O)N(CCCOc2ccccc2C#N)C(=O)C1C. The van der Waals surface area contributed by atoms with Crippen molar-refractivity contribution in [2.75, 3.05) is 13.2 Å². The first-order chi connectivity index (χ1) is 10.1. The van der Waals surface area contributed by atoms with Crippen LogP contribution in [-0.4, -0.2) is 29.9 Å². The standard InChI is InChI=1S/C16H18N2O3/c1-11-12(2)16(20)18(15(11)19)8-5-9-21-14-7-4-3-6-13(14)10-17/h3-4,6-7,11-12H,5,8-9H2,1-2H3. The van der Waals surface area contributed by atoms with Crippen LogP contribution in [0.25, 0.3) is 0 Å². The molecule has 0 aromatic heterocycles. The minimum absolute atomic E-state index is 0.107. The molecule has 2 rings (SSSR count). The number of imide groups is 1. The van der Waals surface area contributed by atoms with Gasteiger partial charge in [-0.25, -0.2) is 0 Å². The lowest BCUT2D eigenvalue weighted by Gasteiger charge is -2.14. The maximum Gasteiger partial charge on any atom is 0.232 e. The lowest BCUT2D eigenvalue weighted by Crippen LogP contribution is -2.32. The fraction of sp³-hybridized carbons (Fsp3) is 0.438. The number of carbonyl (C=O) groups excluding carboxylic acids is 2. The highest BCUT2D eigenvalue weighted by atomic mass is 16.5. The molecule has 110 valence electrons. The summed E-state index contributed by atoms with van der Waals surface area (Å²) in [4.78, 5) is 25.1. The van der Waals surface area contributed by atoms with Crippen molar-refractivity contribution in [3.63, 3.8) is 0 Å². The number of para-hydroxylation sites is 1. The van der Waals surface area contributed by atoms with Crippen molar-refractivity contribution < 1.29 is 14.3 Å². The van der Waals surface area contributed by atoms with Gasteiger partial charge in [-0.05, 0) is 18.6 Å². The van der Waals surface area contributed by atoms with Crippen LogP contribution in [-0.2, 0) is 9.59 Å². The summed E-state index contributed by atoms with van der Waals surface area (Å²) in [6.07, 6.45) is 0.552. The number of benzene rings is 1. The normalized spacial score (nSPS) is 21.5. The maximum absolute atomic E-state index is 11.9. The third kappa shape index (κ3) is 3.05. The minimum Gasteiger partial charge on any atom is -0.492 e. The Bertz CT molecular complexity index is 571. The number of ether oxygens (including phenoxy) is 1. The van der Waals surface area contributed by atoms with Gasteiger partial charge >= 0.3 is 0 Å². The fourth-order valence-corrected chi connectivity index (χ4v) is 2.34. The van der Waals surface area contributed by atoms with Crippen molar-refractivity contribution in [1.29, 1.82) is 5.26 Å². The first kappa shape index (κ1) is 15.0. The molecule has 5 nitrogen and oxygen atoms in total. The molecule has 0 aliphatic carbocycles. The number of hydrogen-bond donors (Lipinski definition) is 0. The molecule has 0 spiro atoms. The van der Waals surface area contributed by atoms with Crippen LogP contribution >= 0.6 is 0 Å². The van der Waals surface area contributed by atoms with Crippen LogP contribution in [0, 0.1) is 23.2 Å². The third-order valence-electron chi connectivity index (χ3n) is 3.85. The van der Waals surface area contributed by atoms with E-state index in [1.165, 1.54) is 4.90 Å². The van der Waals surface area contributed by atoms with Crippen LogP contribution in [0.5, 0.6) is 5.75 Å². The van der Waals surface area contributed by atoms with E-state index in [0.29, 0.717) is 30.9 Å². The molecule has 2 unspecified atom stereocenters. The minimum atomic E-state index is -0.238. The Kier molecular flexibility index (Phi) is 4.59. The second kappa shape index (κ2) is 6.40. The highest BCUT2D eigenvalue weighted by Gasteiger charge is 2.41. The van der Waals surface area contributed by atoms with Crippen molar-refractivity contribution in [3.8, 4) is 11.8 Å². The molecule has 0 bridgehead atoms. The van der Waals surface area contributed by atoms with E-state index in [-0.39, 0.29) is 23.7 Å². The zero-order valence-electron chi connectivity index (χ0n) is 12.2. The Hall–Kier alpha value is -2.35. The Labute approximate surface area is 124 Å². The predicted molar refractivity (Wildman–Crippen MR) is 76.3 cm³/mol. The Morgan fingerprint density at radius 3 is 2.43 bits per heavy atom. The van der Waals surface area contributed by atoms with Crippen LogP contribution in [0.3, 0.4) is 0 Å². The van der Waals surface area contributed by atoms with Gasteiger partial charge in [0.25, 0.3) is 0 Å². The molecule has 0 radical (unpaired) electrons. The van der Waals surface area contributed by atoms with E-state index in [2.05, 4.69) is 6.07 Å². The Balaban J connectivity index is 1.84. The average molecular weight is 286 g/mol. The van der Waals surface area contributed by atoms with E-state index in [4.69, 9.17) is 10.00 Å². The lowest BCUT2D eigenvalue weighted by atomic mass is 10.00. The fourth-order valence-electron chi connectivity index (χ4n) is 2.34. The van der Waals surface area contributed by atoms with E-state index in [0.717, 1.165) is 0 Å². The highest BCUT2D eigenvalue weighted by molar-refractivity contribution is 6.04. The molecular formula is C16H18N2O3. The number of amides is 2. The number of nitriles is 1. The second-order valence-corrected chi connectivity index (χ2v) is 5.22. The van der Waals surface area contributed by atoms with Crippen LogP contribution in [0.4, 0.5) is 0 Å². The van der Waals surface area contributed by atoms with Gasteiger partial charge in [0.15, 0.2) is 0 Å². The highest BCUT2D eigenvalue weighted by Crippen LogP contribution is 2.25. The summed E-state index contributed by atoms with van der Waals surface area (Å²) in [7, 11) is 0. The topological polar surface area (TPSA) is 70.4 Å². The number of likely N-dealkylation sites (tertiary alicyclic amines) is 1. The first-order valence-corrected chi connectivity index (χ1v) is 7.03. The Morgan fingerprint density at radius 1 is 1.19 bits per heavy atom. The van der Waals surface area contributed by atoms with E-state index in [1.807, 2.05) is 0 Å². The zero-order chi connectivity index (χ0) is 15.4. The van der Waals surface area contributed by atoms with Gasteiger partial charge in [-0.15, -0.1) is 0 Å². The molecule has 1 aromatic carbocycles. The largest absolute Gasteiger partial charge is 0.492 e. The average Bonchev–Trinajstić information content (AvgIpc) is 2.69. The molecule has 1 saturated heterocycles. The second-order valence-electron chi connectivity index (χ2n) is 5.22. The van der Waals surface area contributed by atoms with Gasteiger partial charge in [0.1, 0.15) is 11.8 Å². The van der Waals surface area contributed by atoms with Crippen LogP contribution in [0.1, 0.15) is 25.8 Å². The molecule has 1 fully saturated rings. The molecule has 0 N–H and O–H groups in total. The first-order valence-electron chi connectivity index (χ1n) is 7.03. The van der Waals surface area contributed by atoms with Gasteiger partial charge in [-0.1, -0.05) is 26.0 Å². The molecule has 1 aliphatic heterocycles. The third-order valence-corrected chi connectivity index (χ3v) is 3.85. The van der Waals surface area contributed by atoms with Gasteiger partial charge < -0.3 is 4.74 Å². The molecule has 1 heterocycles. The lowest BCUT2D eigenvalue weighted by molar-refractivity contribution is -0.139. The van der Waals surface area contributed by atoms with Gasteiger partial charge in [-0.2, -0.15) is 5.26 Å². The van der Waals surface area contributed by atoms with E-state index >= 15 is 0 Å². The summed E-state index contributed by atoms with van der Waals surface area (Å²) in [6, 6.07) is 9.05.